The Bertz CT molecular complexity index is 372. The van der Waals surface area contributed by atoms with Crippen LogP contribution in [-0.4, -0.2) is 5.25 Å². The number of nitrogens with two attached hydrogens (primary N) is 1. The second-order valence-corrected chi connectivity index (χ2v) is 6.94. The number of thioether (sulfide) groups is 1. The zero-order valence-corrected chi connectivity index (χ0v) is 11.5. The van der Waals surface area contributed by atoms with Gasteiger partial charge in [-0.25, -0.2) is 0 Å². The van der Waals surface area contributed by atoms with Gasteiger partial charge in [-0.2, -0.15) is 0 Å². The first-order valence-electron chi connectivity index (χ1n) is 5.27. The zero-order valence-electron chi connectivity index (χ0n) is 9.09. The van der Waals surface area contributed by atoms with Gasteiger partial charge in [0, 0.05) is 20.2 Å². The molecular weight excluding hydrogens is 270 g/mol. The van der Waals surface area contributed by atoms with E-state index in [1.54, 1.807) is 0 Å². The van der Waals surface area contributed by atoms with E-state index in [4.69, 9.17) is 5.73 Å². The van der Waals surface area contributed by atoms with Crippen molar-refractivity contribution in [3.63, 3.8) is 0 Å². The van der Waals surface area contributed by atoms with Crippen molar-refractivity contribution in [1.82, 2.24) is 0 Å². The minimum absolute atomic E-state index is 0.0243. The van der Waals surface area contributed by atoms with E-state index in [1.807, 2.05) is 11.8 Å². The lowest BCUT2D eigenvalue weighted by Crippen LogP contribution is -2.18. The van der Waals surface area contributed by atoms with Crippen molar-refractivity contribution >= 4 is 27.7 Å². The van der Waals surface area contributed by atoms with E-state index < -0.39 is 0 Å². The highest BCUT2D eigenvalue weighted by Crippen LogP contribution is 2.44. The van der Waals surface area contributed by atoms with Crippen molar-refractivity contribution < 1.29 is 0 Å². The number of halogens is 1. The van der Waals surface area contributed by atoms with Gasteiger partial charge >= 0.3 is 0 Å². The molecule has 0 atom stereocenters. The van der Waals surface area contributed by atoms with Crippen LogP contribution < -0.4 is 5.73 Å². The Hall–Kier alpha value is 0.01000. The summed E-state index contributed by atoms with van der Waals surface area (Å²) in [6.07, 6.45) is 2.24. The third-order valence-corrected chi connectivity index (χ3v) is 4.66. The van der Waals surface area contributed by atoms with Gasteiger partial charge in [0.05, 0.1) is 0 Å². The Morgan fingerprint density at radius 3 is 2.53 bits per heavy atom. The lowest BCUT2D eigenvalue weighted by atomic mass is 10.1. The highest BCUT2D eigenvalue weighted by atomic mass is 79.9. The van der Waals surface area contributed by atoms with Crippen LogP contribution in [0.25, 0.3) is 0 Å². The van der Waals surface area contributed by atoms with E-state index in [-0.39, 0.29) is 5.54 Å². The topological polar surface area (TPSA) is 26.0 Å². The van der Waals surface area contributed by atoms with Crippen molar-refractivity contribution in [1.29, 1.82) is 0 Å². The van der Waals surface area contributed by atoms with Crippen LogP contribution >= 0.6 is 27.7 Å². The molecule has 0 aromatic heterocycles. The highest BCUT2D eigenvalue weighted by Gasteiger charge is 2.40. The van der Waals surface area contributed by atoms with Gasteiger partial charge in [-0.05, 0) is 46.5 Å². The summed E-state index contributed by atoms with van der Waals surface area (Å²) in [6, 6.07) is 6.52. The molecule has 1 fully saturated rings. The van der Waals surface area contributed by atoms with Crippen molar-refractivity contribution in [2.24, 2.45) is 5.73 Å². The molecule has 1 aromatic rings. The van der Waals surface area contributed by atoms with Crippen LogP contribution in [0.4, 0.5) is 0 Å². The van der Waals surface area contributed by atoms with Crippen LogP contribution in [0.5, 0.6) is 0 Å². The average molecular weight is 286 g/mol. The summed E-state index contributed by atoms with van der Waals surface area (Å²) >= 11 is 5.50. The average Bonchev–Trinajstić information content (AvgIpc) is 2.88. The predicted molar refractivity (Wildman–Crippen MR) is 70.2 cm³/mol. The third-order valence-electron chi connectivity index (χ3n) is 2.66. The van der Waals surface area contributed by atoms with Crippen LogP contribution in [0.2, 0.25) is 0 Å². The van der Waals surface area contributed by atoms with E-state index in [1.165, 1.54) is 14.9 Å². The maximum absolute atomic E-state index is 6.16. The van der Waals surface area contributed by atoms with Gasteiger partial charge in [-0.1, -0.05) is 19.9 Å². The summed E-state index contributed by atoms with van der Waals surface area (Å²) in [5, 5.41) is 0.611. The normalized spacial score (nSPS) is 18.2. The van der Waals surface area contributed by atoms with Crippen LogP contribution in [0.3, 0.4) is 0 Å². The first kappa shape index (κ1) is 11.5. The molecule has 1 aliphatic rings. The molecule has 15 heavy (non-hydrogen) atoms. The Morgan fingerprint density at radius 2 is 2.07 bits per heavy atom. The standard InChI is InChI=1S/C12H16BrNS/c1-8(2)15-11-4-3-9(7-10(11)13)12(14)5-6-12/h3-4,7-8H,5-6,14H2,1-2H3. The molecule has 0 amide bonds. The van der Waals surface area contributed by atoms with Crippen LogP contribution in [-0.2, 0) is 5.54 Å². The summed E-state index contributed by atoms with van der Waals surface area (Å²) in [7, 11) is 0. The molecule has 0 aliphatic heterocycles. The lowest BCUT2D eigenvalue weighted by Gasteiger charge is -2.12. The molecule has 1 aromatic carbocycles. The fraction of sp³-hybridized carbons (Fsp3) is 0.500. The van der Waals surface area contributed by atoms with Crippen LogP contribution in [0.1, 0.15) is 32.3 Å². The molecule has 0 bridgehead atoms. The largest absolute Gasteiger partial charge is 0.321 e. The van der Waals surface area contributed by atoms with Gasteiger partial charge in [0.15, 0.2) is 0 Å². The Morgan fingerprint density at radius 1 is 1.40 bits per heavy atom. The quantitative estimate of drug-likeness (QED) is 0.853. The molecule has 0 unspecified atom stereocenters. The molecule has 82 valence electrons. The number of hydrogen-bond donors (Lipinski definition) is 1. The second-order valence-electron chi connectivity index (χ2n) is 4.47. The fourth-order valence-corrected chi connectivity index (χ4v) is 3.07. The van der Waals surface area contributed by atoms with Gasteiger partial charge in [0.1, 0.15) is 0 Å². The monoisotopic (exact) mass is 285 g/mol. The third kappa shape index (κ3) is 2.58. The summed E-state index contributed by atoms with van der Waals surface area (Å²) in [4.78, 5) is 1.30. The fourth-order valence-electron chi connectivity index (χ4n) is 1.58. The molecule has 1 nitrogen and oxygen atoms in total. The first-order valence-corrected chi connectivity index (χ1v) is 6.94. The molecular formula is C12H16BrNS. The van der Waals surface area contributed by atoms with E-state index in [9.17, 15) is 0 Å². The van der Waals surface area contributed by atoms with Gasteiger partial charge < -0.3 is 5.73 Å². The maximum Gasteiger partial charge on any atom is 0.0411 e. The van der Waals surface area contributed by atoms with Crippen molar-refractivity contribution in [2.75, 3.05) is 0 Å². The Labute approximate surface area is 104 Å². The van der Waals surface area contributed by atoms with Gasteiger partial charge in [0.2, 0.25) is 0 Å². The van der Waals surface area contributed by atoms with Crippen LogP contribution in [0.15, 0.2) is 27.6 Å². The molecule has 1 aliphatic carbocycles. The lowest BCUT2D eigenvalue weighted by molar-refractivity contribution is 0.738. The molecule has 0 saturated heterocycles. The van der Waals surface area contributed by atoms with Crippen LogP contribution in [0, 0.1) is 0 Å². The summed E-state index contributed by atoms with van der Waals surface area (Å²) < 4.78 is 1.18. The van der Waals surface area contributed by atoms with E-state index in [2.05, 4.69) is 48.0 Å². The highest BCUT2D eigenvalue weighted by molar-refractivity contribution is 9.10. The molecule has 0 spiro atoms. The van der Waals surface area contributed by atoms with Crippen molar-refractivity contribution in [3.05, 3.63) is 28.2 Å². The molecule has 3 heteroatoms. The zero-order chi connectivity index (χ0) is 11.1. The van der Waals surface area contributed by atoms with Gasteiger partial charge in [-0.3, -0.25) is 0 Å². The second kappa shape index (κ2) is 4.11. The number of hydrogen-bond acceptors (Lipinski definition) is 2. The minimum Gasteiger partial charge on any atom is -0.321 e. The Kier molecular flexibility index (Phi) is 3.15. The summed E-state index contributed by atoms with van der Waals surface area (Å²) in [5.74, 6) is 0. The smallest absolute Gasteiger partial charge is 0.0411 e. The minimum atomic E-state index is -0.0243. The number of rotatable bonds is 3. The first-order chi connectivity index (χ1) is 7.01. The summed E-state index contributed by atoms with van der Waals surface area (Å²) in [6.45, 7) is 4.41. The molecule has 2 N–H and O–H groups in total. The van der Waals surface area contributed by atoms with E-state index in [0.717, 1.165) is 12.8 Å². The van der Waals surface area contributed by atoms with Gasteiger partial charge in [0.25, 0.3) is 0 Å². The van der Waals surface area contributed by atoms with Crippen molar-refractivity contribution in [2.45, 2.75) is 42.4 Å². The van der Waals surface area contributed by atoms with E-state index >= 15 is 0 Å². The SMILES string of the molecule is CC(C)Sc1ccc(C2(N)CC2)cc1Br. The molecule has 0 heterocycles. The summed E-state index contributed by atoms with van der Waals surface area (Å²) in [5.41, 5.74) is 7.40. The molecule has 1 saturated carbocycles. The maximum atomic E-state index is 6.16. The Balaban J connectivity index is 2.23. The predicted octanol–water partition coefficient (Wildman–Crippen LogP) is 3.90. The van der Waals surface area contributed by atoms with Gasteiger partial charge in [-0.15, -0.1) is 11.8 Å². The van der Waals surface area contributed by atoms with Crippen molar-refractivity contribution in [3.8, 4) is 0 Å². The molecule has 2 rings (SSSR count). The van der Waals surface area contributed by atoms with E-state index in [0.29, 0.717) is 5.25 Å². The number of benzene rings is 1. The molecule has 0 radical (unpaired) electrons.